The zero-order valence-electron chi connectivity index (χ0n) is 11.8. The van der Waals surface area contributed by atoms with Crippen molar-refractivity contribution >= 4 is 11.9 Å². The van der Waals surface area contributed by atoms with Gasteiger partial charge in [0.05, 0.1) is 0 Å². The van der Waals surface area contributed by atoms with Crippen molar-refractivity contribution in [1.29, 1.82) is 0 Å². The third kappa shape index (κ3) is 4.51. The lowest BCUT2D eigenvalue weighted by Crippen LogP contribution is -2.46. The number of carbonyl (C=O) groups excluding carboxylic acids is 2. The van der Waals surface area contributed by atoms with E-state index in [1.165, 1.54) is 0 Å². The predicted molar refractivity (Wildman–Crippen MR) is 70.4 cm³/mol. The van der Waals surface area contributed by atoms with Crippen molar-refractivity contribution in [2.75, 3.05) is 13.1 Å². The van der Waals surface area contributed by atoms with Crippen LogP contribution in [0.2, 0.25) is 0 Å². The maximum Gasteiger partial charge on any atom is 0.410 e. The van der Waals surface area contributed by atoms with Crippen molar-refractivity contribution in [3.05, 3.63) is 12.2 Å². The summed E-state index contributed by atoms with van der Waals surface area (Å²) in [5.41, 5.74) is 0.474. The van der Waals surface area contributed by atoms with Crippen LogP contribution in [0.3, 0.4) is 0 Å². The first-order chi connectivity index (χ1) is 8.19. The molecule has 0 radical (unpaired) electrons. The summed E-state index contributed by atoms with van der Waals surface area (Å²) >= 11 is 0. The van der Waals surface area contributed by atoms with E-state index in [4.69, 9.17) is 4.74 Å². The van der Waals surface area contributed by atoms with Gasteiger partial charge in [-0.05, 0) is 34.1 Å². The van der Waals surface area contributed by atoms with Gasteiger partial charge in [0.1, 0.15) is 11.4 Å². The fourth-order valence-electron chi connectivity index (χ4n) is 2.00. The number of allylic oxidation sites excluding steroid dienone is 1. The molecule has 1 rings (SSSR count). The highest BCUT2D eigenvalue weighted by Crippen LogP contribution is 2.21. The smallest absolute Gasteiger partial charge is 0.410 e. The third-order valence-electron chi connectivity index (χ3n) is 2.77. The summed E-state index contributed by atoms with van der Waals surface area (Å²) in [5, 5.41) is 0. The van der Waals surface area contributed by atoms with Crippen LogP contribution in [-0.2, 0) is 9.53 Å². The van der Waals surface area contributed by atoms with Gasteiger partial charge in [-0.15, -0.1) is 6.58 Å². The van der Waals surface area contributed by atoms with Crippen molar-refractivity contribution < 1.29 is 14.3 Å². The van der Waals surface area contributed by atoms with E-state index in [9.17, 15) is 9.59 Å². The van der Waals surface area contributed by atoms with Crippen molar-refractivity contribution in [2.45, 2.75) is 46.1 Å². The molecule has 1 heterocycles. The van der Waals surface area contributed by atoms with Gasteiger partial charge in [-0.1, -0.05) is 5.57 Å². The molecule has 1 unspecified atom stereocenters. The second kappa shape index (κ2) is 5.55. The number of ether oxygens (including phenoxy) is 1. The number of likely N-dealkylation sites (tertiary alicyclic amines) is 1. The first-order valence-electron chi connectivity index (χ1n) is 6.34. The monoisotopic (exact) mass is 253 g/mol. The Morgan fingerprint density at radius 2 is 2.11 bits per heavy atom. The Labute approximate surface area is 109 Å². The molecule has 1 fully saturated rings. The fourth-order valence-corrected chi connectivity index (χ4v) is 2.00. The summed E-state index contributed by atoms with van der Waals surface area (Å²) in [6.45, 7) is 12.1. The van der Waals surface area contributed by atoms with E-state index < -0.39 is 5.60 Å². The molecule has 1 atom stereocenters. The Balaban J connectivity index is 2.61. The molecule has 0 aromatic heterocycles. The SMILES string of the molecule is C=C(C)CC1CN(C(=O)OC(C)(C)C)CCC1=O. The first-order valence-corrected chi connectivity index (χ1v) is 6.34. The maximum atomic E-state index is 11.9. The third-order valence-corrected chi connectivity index (χ3v) is 2.77. The number of hydrogen-bond donors (Lipinski definition) is 0. The van der Waals surface area contributed by atoms with E-state index in [1.807, 2.05) is 27.7 Å². The van der Waals surface area contributed by atoms with Crippen LogP contribution in [-0.4, -0.2) is 35.5 Å². The lowest BCUT2D eigenvalue weighted by molar-refractivity contribution is -0.125. The van der Waals surface area contributed by atoms with Crippen LogP contribution in [0.15, 0.2) is 12.2 Å². The summed E-state index contributed by atoms with van der Waals surface area (Å²) in [7, 11) is 0. The predicted octanol–water partition coefficient (Wildman–Crippen LogP) is 2.78. The number of carbonyl (C=O) groups is 2. The minimum absolute atomic E-state index is 0.122. The molecular formula is C14H23NO3. The number of amides is 1. The van der Waals surface area contributed by atoms with Gasteiger partial charge in [0.2, 0.25) is 0 Å². The fraction of sp³-hybridized carbons (Fsp3) is 0.714. The van der Waals surface area contributed by atoms with Crippen LogP contribution >= 0.6 is 0 Å². The van der Waals surface area contributed by atoms with E-state index in [0.717, 1.165) is 5.57 Å². The van der Waals surface area contributed by atoms with Crippen LogP contribution in [0.25, 0.3) is 0 Å². The van der Waals surface area contributed by atoms with Gasteiger partial charge >= 0.3 is 6.09 Å². The zero-order valence-corrected chi connectivity index (χ0v) is 11.8. The molecule has 0 saturated carbocycles. The van der Waals surface area contributed by atoms with Crippen molar-refractivity contribution in [2.24, 2.45) is 5.92 Å². The molecule has 4 nitrogen and oxygen atoms in total. The molecule has 0 aromatic rings. The molecule has 1 amide bonds. The van der Waals surface area contributed by atoms with Crippen LogP contribution in [0, 0.1) is 5.92 Å². The Kier molecular flexibility index (Phi) is 4.54. The van der Waals surface area contributed by atoms with Crippen LogP contribution < -0.4 is 0 Å². The normalized spacial score (nSPS) is 20.8. The van der Waals surface area contributed by atoms with Crippen LogP contribution in [0.1, 0.15) is 40.5 Å². The van der Waals surface area contributed by atoms with E-state index in [0.29, 0.717) is 25.9 Å². The Bertz CT molecular complexity index is 355. The number of Topliss-reactive ketones (excluding diaryl/α,β-unsaturated/α-hetero) is 1. The molecule has 102 valence electrons. The number of nitrogens with zero attached hydrogens (tertiary/aromatic N) is 1. The Hall–Kier alpha value is -1.32. The Morgan fingerprint density at radius 1 is 1.50 bits per heavy atom. The summed E-state index contributed by atoms with van der Waals surface area (Å²) in [5.74, 6) is 0.0987. The average molecular weight is 253 g/mol. The minimum atomic E-state index is -0.498. The summed E-state index contributed by atoms with van der Waals surface area (Å²) in [4.78, 5) is 25.3. The summed E-state index contributed by atoms with van der Waals surface area (Å²) in [6.07, 6.45) is 0.733. The topological polar surface area (TPSA) is 46.6 Å². The van der Waals surface area contributed by atoms with Crippen molar-refractivity contribution in [3.8, 4) is 0 Å². The molecule has 0 aromatic carbocycles. The van der Waals surface area contributed by atoms with Gasteiger partial charge in [0.15, 0.2) is 0 Å². The van der Waals surface area contributed by atoms with Gasteiger partial charge in [0, 0.05) is 25.4 Å². The van der Waals surface area contributed by atoms with E-state index >= 15 is 0 Å². The highest BCUT2D eigenvalue weighted by Gasteiger charge is 2.31. The number of rotatable bonds is 2. The minimum Gasteiger partial charge on any atom is -0.444 e. The second-order valence-electron chi connectivity index (χ2n) is 6.00. The molecule has 0 spiro atoms. The number of hydrogen-bond acceptors (Lipinski definition) is 3. The highest BCUT2D eigenvalue weighted by atomic mass is 16.6. The van der Waals surface area contributed by atoms with Crippen molar-refractivity contribution in [3.63, 3.8) is 0 Å². The first kappa shape index (κ1) is 14.7. The van der Waals surface area contributed by atoms with Gasteiger partial charge < -0.3 is 9.64 Å². The molecule has 0 bridgehead atoms. The number of ketones is 1. The van der Waals surface area contributed by atoms with E-state index in [2.05, 4.69) is 6.58 Å². The van der Waals surface area contributed by atoms with Gasteiger partial charge in [0.25, 0.3) is 0 Å². The van der Waals surface area contributed by atoms with Crippen LogP contribution in [0.5, 0.6) is 0 Å². The van der Waals surface area contributed by atoms with Gasteiger partial charge in [-0.3, -0.25) is 4.79 Å². The quantitative estimate of drug-likeness (QED) is 0.711. The molecule has 1 aliphatic heterocycles. The zero-order chi connectivity index (χ0) is 13.9. The largest absolute Gasteiger partial charge is 0.444 e. The number of piperidine rings is 1. The molecule has 18 heavy (non-hydrogen) atoms. The van der Waals surface area contributed by atoms with Gasteiger partial charge in [-0.2, -0.15) is 0 Å². The molecule has 0 N–H and O–H groups in total. The Morgan fingerprint density at radius 3 is 2.61 bits per heavy atom. The molecule has 0 aliphatic carbocycles. The van der Waals surface area contributed by atoms with Crippen molar-refractivity contribution in [1.82, 2.24) is 4.90 Å². The average Bonchev–Trinajstić information content (AvgIpc) is 2.17. The van der Waals surface area contributed by atoms with Crippen LogP contribution in [0.4, 0.5) is 4.79 Å². The van der Waals surface area contributed by atoms with E-state index in [-0.39, 0.29) is 17.8 Å². The lowest BCUT2D eigenvalue weighted by atomic mass is 9.91. The molecule has 1 aliphatic rings. The molecule has 1 saturated heterocycles. The van der Waals surface area contributed by atoms with Gasteiger partial charge in [-0.25, -0.2) is 4.79 Å². The standard InChI is InChI=1S/C14H23NO3/c1-10(2)8-11-9-15(7-6-12(11)16)13(17)18-14(3,4)5/h11H,1,6-9H2,2-5H3. The summed E-state index contributed by atoms with van der Waals surface area (Å²) < 4.78 is 5.32. The summed E-state index contributed by atoms with van der Waals surface area (Å²) in [6, 6.07) is 0. The lowest BCUT2D eigenvalue weighted by Gasteiger charge is -2.33. The maximum absolute atomic E-state index is 11.9. The van der Waals surface area contributed by atoms with E-state index in [1.54, 1.807) is 4.90 Å². The molecule has 4 heteroatoms. The second-order valence-corrected chi connectivity index (χ2v) is 6.00. The molecular weight excluding hydrogens is 230 g/mol. The highest BCUT2D eigenvalue weighted by molar-refractivity contribution is 5.84.